The predicted octanol–water partition coefficient (Wildman–Crippen LogP) is 7.12. The number of hydrogen-bond donors (Lipinski definition) is 3. The molecule has 3 N–H and O–H groups in total. The molecule has 0 spiro atoms. The Hall–Kier alpha value is -4.33. The monoisotopic (exact) mass is 593 g/mol. The molecule has 214 valence electrons. The van der Waals surface area contributed by atoms with Crippen molar-refractivity contribution in [1.82, 2.24) is 15.0 Å². The maximum absolute atomic E-state index is 13.0. The number of alkyl halides is 6. The molecule has 0 saturated heterocycles. The highest BCUT2D eigenvalue weighted by atomic mass is 32.2. The molecule has 1 heterocycles. The van der Waals surface area contributed by atoms with Gasteiger partial charge in [-0.1, -0.05) is 42.5 Å². The molecule has 0 fully saturated rings. The first kappa shape index (κ1) is 29.6. The van der Waals surface area contributed by atoms with E-state index in [-0.39, 0.29) is 34.7 Å². The highest BCUT2D eigenvalue weighted by Gasteiger charge is 2.31. The van der Waals surface area contributed by atoms with E-state index in [0.29, 0.717) is 5.75 Å². The number of aliphatic carboxylic acids is 1. The van der Waals surface area contributed by atoms with Gasteiger partial charge in [0.05, 0.1) is 11.1 Å². The molecule has 7 nitrogen and oxygen atoms in total. The first-order valence-corrected chi connectivity index (χ1v) is 13.0. The quantitative estimate of drug-likeness (QED) is 0.167. The van der Waals surface area contributed by atoms with E-state index in [2.05, 4.69) is 25.6 Å². The van der Waals surface area contributed by atoms with E-state index in [4.69, 9.17) is 0 Å². The Morgan fingerprint density at radius 1 is 0.780 bits per heavy atom. The van der Waals surface area contributed by atoms with Crippen LogP contribution in [0.2, 0.25) is 0 Å². The second-order valence-electron chi connectivity index (χ2n) is 8.62. The molecule has 41 heavy (non-hydrogen) atoms. The standard InChI is InChI=1S/C27H21F6N5O2S/c28-26(29,30)18-8-6-17(7-9-18)22-36-24(34-20-12-10-19(11-13-20)27(31,32)33)38-25(37-22)35-21(23(39)40)15-41-14-16-4-2-1-3-5-16/h1-13,21H,14-15H2,(H,39,40)(H2,34,35,36,37,38). The summed E-state index contributed by atoms with van der Waals surface area (Å²) in [4.78, 5) is 24.5. The van der Waals surface area contributed by atoms with Crippen molar-refractivity contribution in [1.29, 1.82) is 0 Å². The van der Waals surface area contributed by atoms with Crippen LogP contribution in [0.15, 0.2) is 78.9 Å². The van der Waals surface area contributed by atoms with E-state index < -0.39 is 35.5 Å². The van der Waals surface area contributed by atoms with E-state index >= 15 is 0 Å². The number of halogens is 6. The van der Waals surface area contributed by atoms with Crippen LogP contribution in [-0.2, 0) is 22.9 Å². The van der Waals surface area contributed by atoms with E-state index in [1.807, 2.05) is 30.3 Å². The van der Waals surface area contributed by atoms with Crippen LogP contribution < -0.4 is 10.6 Å². The van der Waals surface area contributed by atoms with Gasteiger partial charge in [0.15, 0.2) is 5.82 Å². The smallest absolute Gasteiger partial charge is 0.416 e. The number of carbonyl (C=O) groups is 1. The van der Waals surface area contributed by atoms with E-state index in [0.717, 1.165) is 54.1 Å². The number of hydrogen-bond acceptors (Lipinski definition) is 7. The predicted molar refractivity (Wildman–Crippen MR) is 143 cm³/mol. The summed E-state index contributed by atoms with van der Waals surface area (Å²) in [6, 6.07) is 16.2. The van der Waals surface area contributed by atoms with E-state index in [1.54, 1.807) is 0 Å². The second-order valence-corrected chi connectivity index (χ2v) is 9.65. The fourth-order valence-corrected chi connectivity index (χ4v) is 4.51. The van der Waals surface area contributed by atoms with Gasteiger partial charge in [-0.3, -0.25) is 0 Å². The Kier molecular flexibility index (Phi) is 9.01. The summed E-state index contributed by atoms with van der Waals surface area (Å²) in [7, 11) is 0. The number of carboxylic acids is 1. The molecule has 0 bridgehead atoms. The topological polar surface area (TPSA) is 100 Å². The van der Waals surface area contributed by atoms with Crippen molar-refractivity contribution >= 4 is 35.3 Å². The van der Waals surface area contributed by atoms with Crippen LogP contribution >= 0.6 is 11.8 Å². The number of nitrogens with one attached hydrogen (secondary N) is 2. The Labute approximate surface area is 234 Å². The molecule has 0 saturated carbocycles. The first-order chi connectivity index (χ1) is 19.4. The Morgan fingerprint density at radius 2 is 1.34 bits per heavy atom. The highest BCUT2D eigenvalue weighted by Crippen LogP contribution is 2.32. The van der Waals surface area contributed by atoms with E-state index in [9.17, 15) is 36.2 Å². The third-order valence-electron chi connectivity index (χ3n) is 5.57. The SMILES string of the molecule is O=C(O)C(CSCc1ccccc1)Nc1nc(Nc2ccc(C(F)(F)F)cc2)nc(-c2ccc(C(F)(F)F)cc2)n1. The Balaban J connectivity index is 1.61. The fourth-order valence-electron chi connectivity index (χ4n) is 3.50. The first-order valence-electron chi connectivity index (χ1n) is 11.9. The zero-order chi connectivity index (χ0) is 29.6. The molecule has 0 amide bonds. The zero-order valence-electron chi connectivity index (χ0n) is 20.9. The minimum atomic E-state index is -4.56. The van der Waals surface area contributed by atoms with Gasteiger partial charge in [-0.2, -0.15) is 53.1 Å². The van der Waals surface area contributed by atoms with Crippen LogP contribution in [0.4, 0.5) is 43.9 Å². The van der Waals surface area contributed by atoms with Gasteiger partial charge < -0.3 is 15.7 Å². The molecule has 0 radical (unpaired) electrons. The summed E-state index contributed by atoms with van der Waals surface area (Å²) in [6.07, 6.45) is -9.10. The molecule has 3 aromatic carbocycles. The van der Waals surface area contributed by atoms with Crippen molar-refractivity contribution < 1.29 is 36.2 Å². The minimum Gasteiger partial charge on any atom is -0.480 e. The Bertz CT molecular complexity index is 1470. The molecule has 1 unspecified atom stereocenters. The van der Waals surface area contributed by atoms with Gasteiger partial charge in [-0.05, 0) is 42.0 Å². The molecule has 1 atom stereocenters. The molecule has 14 heteroatoms. The lowest BCUT2D eigenvalue weighted by molar-refractivity contribution is -0.138. The van der Waals surface area contributed by atoms with Gasteiger partial charge >= 0.3 is 18.3 Å². The number of thioether (sulfide) groups is 1. The molecular formula is C27H21F6N5O2S. The van der Waals surface area contributed by atoms with Gasteiger partial charge in [0.2, 0.25) is 11.9 Å². The molecule has 4 aromatic rings. The lowest BCUT2D eigenvalue weighted by Crippen LogP contribution is -2.32. The molecule has 4 rings (SSSR count). The van der Waals surface area contributed by atoms with Gasteiger partial charge in [-0.15, -0.1) is 0 Å². The fraction of sp³-hybridized carbons (Fsp3) is 0.185. The molecule has 0 aliphatic carbocycles. The normalized spacial score (nSPS) is 12.5. The highest BCUT2D eigenvalue weighted by molar-refractivity contribution is 7.98. The average molecular weight is 594 g/mol. The van der Waals surface area contributed by atoms with Crippen molar-refractivity contribution in [3.8, 4) is 11.4 Å². The van der Waals surface area contributed by atoms with Crippen molar-refractivity contribution in [3.63, 3.8) is 0 Å². The summed E-state index contributed by atoms with van der Waals surface area (Å²) in [5.74, 6) is -0.991. The average Bonchev–Trinajstić information content (AvgIpc) is 2.92. The third kappa shape index (κ3) is 8.33. The molecule has 0 aliphatic rings. The summed E-state index contributed by atoms with van der Waals surface area (Å²) < 4.78 is 77.9. The van der Waals surface area contributed by atoms with Gasteiger partial charge in [0.25, 0.3) is 0 Å². The lowest BCUT2D eigenvalue weighted by Gasteiger charge is -2.16. The van der Waals surface area contributed by atoms with Crippen molar-refractivity contribution in [2.45, 2.75) is 24.1 Å². The lowest BCUT2D eigenvalue weighted by atomic mass is 10.1. The zero-order valence-corrected chi connectivity index (χ0v) is 21.7. The number of anilines is 3. The van der Waals surface area contributed by atoms with E-state index in [1.165, 1.54) is 11.8 Å². The Morgan fingerprint density at radius 3 is 1.90 bits per heavy atom. The number of nitrogens with zero attached hydrogens (tertiary/aromatic N) is 3. The van der Waals surface area contributed by atoms with Crippen LogP contribution in [0.5, 0.6) is 0 Å². The largest absolute Gasteiger partial charge is 0.480 e. The van der Waals surface area contributed by atoms with Crippen molar-refractivity contribution in [2.24, 2.45) is 0 Å². The molecule has 0 aliphatic heterocycles. The van der Waals surface area contributed by atoms with Crippen LogP contribution in [0.3, 0.4) is 0 Å². The van der Waals surface area contributed by atoms with Gasteiger partial charge in [0, 0.05) is 22.8 Å². The summed E-state index contributed by atoms with van der Waals surface area (Å²) in [6.45, 7) is 0. The van der Waals surface area contributed by atoms with Gasteiger partial charge in [0.1, 0.15) is 6.04 Å². The van der Waals surface area contributed by atoms with Gasteiger partial charge in [-0.25, -0.2) is 4.79 Å². The van der Waals surface area contributed by atoms with Crippen LogP contribution in [0.25, 0.3) is 11.4 Å². The number of carboxylic acid groups (broad SMARTS) is 1. The maximum Gasteiger partial charge on any atom is 0.416 e. The minimum absolute atomic E-state index is 0.0910. The summed E-state index contributed by atoms with van der Waals surface area (Å²) >= 11 is 1.35. The molecule has 1 aromatic heterocycles. The summed E-state index contributed by atoms with van der Waals surface area (Å²) in [5, 5.41) is 15.2. The van der Waals surface area contributed by atoms with Crippen molar-refractivity contribution in [3.05, 3.63) is 95.6 Å². The maximum atomic E-state index is 13.0. The number of rotatable bonds is 10. The molecular weight excluding hydrogens is 572 g/mol. The van der Waals surface area contributed by atoms with Crippen LogP contribution in [0.1, 0.15) is 16.7 Å². The number of benzene rings is 3. The van der Waals surface area contributed by atoms with Crippen molar-refractivity contribution in [2.75, 3.05) is 16.4 Å². The second kappa shape index (κ2) is 12.5. The summed E-state index contributed by atoms with van der Waals surface area (Å²) in [5.41, 5.74) is -0.415. The van der Waals surface area contributed by atoms with Crippen LogP contribution in [-0.4, -0.2) is 37.8 Å². The van der Waals surface area contributed by atoms with Crippen LogP contribution in [0, 0.1) is 0 Å². The number of aromatic nitrogens is 3. The third-order valence-corrected chi connectivity index (χ3v) is 6.68.